The van der Waals surface area contributed by atoms with Gasteiger partial charge in [0.25, 0.3) is 11.5 Å². The first-order valence-corrected chi connectivity index (χ1v) is 12.3. The van der Waals surface area contributed by atoms with Crippen LogP contribution in [0.4, 0.5) is 11.4 Å². The van der Waals surface area contributed by atoms with E-state index in [9.17, 15) is 19.6 Å². The van der Waals surface area contributed by atoms with Gasteiger partial charge in [0.2, 0.25) is 5.91 Å². The van der Waals surface area contributed by atoms with Gasteiger partial charge in [-0.05, 0) is 68.7 Å². The quantitative estimate of drug-likeness (QED) is 0.581. The summed E-state index contributed by atoms with van der Waals surface area (Å²) in [4.78, 5) is 43.1. The van der Waals surface area contributed by atoms with Crippen LogP contribution in [0.3, 0.4) is 0 Å². The second-order valence-corrected chi connectivity index (χ2v) is 9.44. The summed E-state index contributed by atoms with van der Waals surface area (Å²) in [7, 11) is 0. The van der Waals surface area contributed by atoms with Gasteiger partial charge in [-0.3, -0.25) is 14.4 Å². The maximum absolute atomic E-state index is 13.4. The summed E-state index contributed by atoms with van der Waals surface area (Å²) >= 11 is 0. The smallest absolute Gasteiger partial charge is 0.269 e. The van der Waals surface area contributed by atoms with Gasteiger partial charge in [0, 0.05) is 37.6 Å². The molecule has 1 N–H and O–H groups in total. The summed E-state index contributed by atoms with van der Waals surface area (Å²) < 4.78 is 1.28. The molecule has 0 spiro atoms. The number of nitrogens with one attached hydrogen (secondary N) is 1. The zero-order valence-electron chi connectivity index (χ0n) is 21.7. The van der Waals surface area contributed by atoms with Gasteiger partial charge in [-0.25, -0.2) is 0 Å². The van der Waals surface area contributed by atoms with Crippen molar-refractivity contribution in [2.75, 3.05) is 36.4 Å². The lowest BCUT2D eigenvalue weighted by Crippen LogP contribution is -2.49. The van der Waals surface area contributed by atoms with Crippen LogP contribution < -0.4 is 15.8 Å². The number of aromatic nitrogens is 1. The Hall–Kier alpha value is -4.38. The lowest BCUT2D eigenvalue weighted by Gasteiger charge is -2.37. The van der Waals surface area contributed by atoms with Crippen LogP contribution in [0.1, 0.15) is 38.3 Å². The summed E-state index contributed by atoms with van der Waals surface area (Å²) in [6, 6.07) is 16.8. The third-order valence-corrected chi connectivity index (χ3v) is 7.03. The number of anilines is 2. The molecule has 0 bridgehead atoms. The van der Waals surface area contributed by atoms with E-state index in [4.69, 9.17) is 0 Å². The summed E-state index contributed by atoms with van der Waals surface area (Å²) in [6.45, 7) is 9.97. The minimum absolute atomic E-state index is 0.0222. The minimum atomic E-state index is -0.499. The Balaban J connectivity index is 1.47. The molecule has 2 heterocycles. The van der Waals surface area contributed by atoms with Gasteiger partial charge < -0.3 is 19.7 Å². The van der Waals surface area contributed by atoms with Gasteiger partial charge in [-0.15, -0.1) is 0 Å². The fourth-order valence-corrected chi connectivity index (χ4v) is 4.77. The molecule has 8 heteroatoms. The van der Waals surface area contributed by atoms with Crippen LogP contribution in [0.2, 0.25) is 0 Å². The zero-order valence-corrected chi connectivity index (χ0v) is 21.7. The molecule has 1 fully saturated rings. The van der Waals surface area contributed by atoms with Crippen molar-refractivity contribution < 1.29 is 9.59 Å². The summed E-state index contributed by atoms with van der Waals surface area (Å²) in [5, 5.41) is 12.1. The van der Waals surface area contributed by atoms with Crippen molar-refractivity contribution >= 4 is 23.2 Å². The topological polar surface area (TPSA) is 98.4 Å². The number of nitrogens with zero attached hydrogens (tertiary/aromatic N) is 4. The molecular weight excluding hydrogens is 466 g/mol. The number of pyridine rings is 1. The maximum atomic E-state index is 13.4. The molecule has 0 unspecified atom stereocenters. The van der Waals surface area contributed by atoms with E-state index in [1.807, 2.05) is 6.07 Å². The van der Waals surface area contributed by atoms with Gasteiger partial charge in [0.05, 0.1) is 11.3 Å². The van der Waals surface area contributed by atoms with E-state index in [2.05, 4.69) is 42.3 Å². The van der Waals surface area contributed by atoms with Gasteiger partial charge in [-0.1, -0.05) is 24.3 Å². The normalized spacial score (nSPS) is 13.3. The lowest BCUT2D eigenvalue weighted by atomic mass is 10.1. The average molecular weight is 498 g/mol. The van der Waals surface area contributed by atoms with E-state index in [1.165, 1.54) is 21.4 Å². The first kappa shape index (κ1) is 25.7. The van der Waals surface area contributed by atoms with Crippen LogP contribution in [0, 0.1) is 39.0 Å². The Morgan fingerprint density at radius 3 is 2.35 bits per heavy atom. The highest BCUT2D eigenvalue weighted by Gasteiger charge is 2.25. The van der Waals surface area contributed by atoms with Crippen LogP contribution in [0.25, 0.3) is 0 Å². The standard InChI is InChI=1S/C29H31N5O3/c1-19-8-7-11-26(22(19)4)32-12-14-33(15-13-32)28(36)23-9-5-6-10-25(23)31-27(35)18-34-21(3)16-20(2)24(17-30)29(34)37/h5-11,16H,12-15,18H2,1-4H3,(H,31,35). The number of amides is 2. The van der Waals surface area contributed by atoms with E-state index in [0.29, 0.717) is 35.6 Å². The third kappa shape index (κ3) is 5.26. The first-order chi connectivity index (χ1) is 17.7. The van der Waals surface area contributed by atoms with E-state index < -0.39 is 11.5 Å². The molecule has 0 aliphatic carbocycles. The number of para-hydroxylation sites is 1. The van der Waals surface area contributed by atoms with Crippen molar-refractivity contribution in [2.24, 2.45) is 0 Å². The van der Waals surface area contributed by atoms with Crippen LogP contribution in [0.5, 0.6) is 0 Å². The minimum Gasteiger partial charge on any atom is -0.368 e. The van der Waals surface area contributed by atoms with Crippen LogP contribution in [-0.2, 0) is 11.3 Å². The Bertz CT molecular complexity index is 1460. The number of hydrogen-bond donors (Lipinski definition) is 1. The molecule has 3 aromatic rings. The molecule has 8 nitrogen and oxygen atoms in total. The highest BCUT2D eigenvalue weighted by Crippen LogP contribution is 2.25. The molecule has 1 aliphatic heterocycles. The molecule has 37 heavy (non-hydrogen) atoms. The molecule has 1 saturated heterocycles. The number of nitriles is 1. The number of hydrogen-bond acceptors (Lipinski definition) is 5. The second-order valence-electron chi connectivity index (χ2n) is 9.44. The van der Waals surface area contributed by atoms with Crippen LogP contribution >= 0.6 is 0 Å². The van der Waals surface area contributed by atoms with Crippen molar-refractivity contribution in [2.45, 2.75) is 34.2 Å². The van der Waals surface area contributed by atoms with Gasteiger partial charge in [0.1, 0.15) is 18.2 Å². The summed E-state index contributed by atoms with van der Waals surface area (Å²) in [5.41, 5.74) is 5.18. The number of benzene rings is 2. The van der Waals surface area contributed by atoms with Gasteiger partial charge in [0.15, 0.2) is 0 Å². The fourth-order valence-electron chi connectivity index (χ4n) is 4.77. The molecule has 4 rings (SSSR count). The maximum Gasteiger partial charge on any atom is 0.269 e. The largest absolute Gasteiger partial charge is 0.368 e. The number of aryl methyl sites for hydroxylation is 3. The lowest BCUT2D eigenvalue weighted by molar-refractivity contribution is -0.116. The zero-order chi connectivity index (χ0) is 26.7. The Kier molecular flexibility index (Phi) is 7.44. The summed E-state index contributed by atoms with van der Waals surface area (Å²) in [6.07, 6.45) is 0. The Morgan fingerprint density at radius 1 is 0.946 bits per heavy atom. The highest BCUT2D eigenvalue weighted by molar-refractivity contribution is 6.03. The van der Waals surface area contributed by atoms with Crippen LogP contribution in [-0.4, -0.2) is 47.5 Å². The van der Waals surface area contributed by atoms with Crippen LogP contribution in [0.15, 0.2) is 53.3 Å². The molecule has 0 saturated carbocycles. The van der Waals surface area contributed by atoms with Gasteiger partial charge >= 0.3 is 0 Å². The number of carbonyl (C=O) groups excluding carboxylic acids is 2. The van der Waals surface area contributed by atoms with E-state index in [1.54, 1.807) is 49.1 Å². The predicted octanol–water partition coefficient (Wildman–Crippen LogP) is 3.55. The molecular formula is C29H31N5O3. The van der Waals surface area contributed by atoms with Crippen molar-refractivity contribution in [1.82, 2.24) is 9.47 Å². The van der Waals surface area contributed by atoms with E-state index >= 15 is 0 Å². The fraction of sp³-hybridized carbons (Fsp3) is 0.310. The van der Waals surface area contributed by atoms with E-state index in [-0.39, 0.29) is 18.0 Å². The number of rotatable bonds is 5. The number of piperazine rings is 1. The van der Waals surface area contributed by atoms with Crippen molar-refractivity contribution in [3.63, 3.8) is 0 Å². The molecule has 190 valence electrons. The molecule has 0 atom stereocenters. The highest BCUT2D eigenvalue weighted by atomic mass is 16.2. The average Bonchev–Trinajstić information content (AvgIpc) is 2.88. The van der Waals surface area contributed by atoms with Gasteiger partial charge in [-0.2, -0.15) is 5.26 Å². The molecule has 2 aromatic carbocycles. The molecule has 1 aliphatic rings. The molecule has 1 aromatic heterocycles. The second kappa shape index (κ2) is 10.7. The van der Waals surface area contributed by atoms with Crippen molar-refractivity contribution in [3.8, 4) is 6.07 Å². The van der Waals surface area contributed by atoms with E-state index in [0.717, 1.165) is 13.1 Å². The van der Waals surface area contributed by atoms with Crippen molar-refractivity contribution in [1.29, 1.82) is 5.26 Å². The summed E-state index contributed by atoms with van der Waals surface area (Å²) in [5.74, 6) is -0.593. The SMILES string of the molecule is Cc1cccc(N2CCN(C(=O)c3ccccc3NC(=O)Cn3c(C)cc(C)c(C#N)c3=O)CC2)c1C. The number of carbonyl (C=O) groups is 2. The third-order valence-electron chi connectivity index (χ3n) is 7.03. The Labute approximate surface area is 216 Å². The first-order valence-electron chi connectivity index (χ1n) is 12.3. The molecule has 0 radical (unpaired) electrons. The van der Waals surface area contributed by atoms with Crippen molar-refractivity contribution in [3.05, 3.63) is 92.4 Å². The monoisotopic (exact) mass is 497 g/mol. The molecule has 2 amide bonds. The Morgan fingerprint density at radius 2 is 1.65 bits per heavy atom. The predicted molar refractivity (Wildman–Crippen MR) is 144 cm³/mol.